The summed E-state index contributed by atoms with van der Waals surface area (Å²) in [6, 6.07) is 6.63. The predicted octanol–water partition coefficient (Wildman–Crippen LogP) is 3.64. The van der Waals surface area contributed by atoms with Gasteiger partial charge in [0.1, 0.15) is 17.4 Å². The Hall–Kier alpha value is -2.48. The monoisotopic (exact) mass is 260 g/mol. The fourth-order valence-electron chi connectivity index (χ4n) is 1.67. The lowest BCUT2D eigenvalue weighted by molar-refractivity contribution is 0.421. The molecule has 0 aliphatic rings. The van der Waals surface area contributed by atoms with Crippen molar-refractivity contribution in [3.8, 4) is 17.7 Å². The van der Waals surface area contributed by atoms with E-state index in [2.05, 4.69) is 4.98 Å². The van der Waals surface area contributed by atoms with Crippen molar-refractivity contribution in [3.63, 3.8) is 0 Å². The third-order valence-electron chi connectivity index (χ3n) is 2.52. The summed E-state index contributed by atoms with van der Waals surface area (Å²) in [5.41, 5.74) is 1.57. The average Bonchev–Trinajstić information content (AvgIpc) is 2.32. The van der Waals surface area contributed by atoms with Crippen LogP contribution in [0.25, 0.3) is 0 Å². The lowest BCUT2D eigenvalue weighted by atomic mass is 10.1. The molecule has 5 heteroatoms. The summed E-state index contributed by atoms with van der Waals surface area (Å²) in [5, 5.41) is 9.06. The lowest BCUT2D eigenvalue weighted by Gasteiger charge is -2.09. The molecule has 0 saturated heterocycles. The van der Waals surface area contributed by atoms with Gasteiger partial charge in [0, 0.05) is 11.8 Å². The predicted molar refractivity (Wildman–Crippen MR) is 64.9 cm³/mol. The van der Waals surface area contributed by atoms with Gasteiger partial charge >= 0.3 is 0 Å². The van der Waals surface area contributed by atoms with E-state index in [9.17, 15) is 8.78 Å². The number of nitriles is 1. The fraction of sp³-hybridized carbons (Fsp3) is 0.143. The summed E-state index contributed by atoms with van der Waals surface area (Å²) >= 11 is 0. The summed E-state index contributed by atoms with van der Waals surface area (Å²) in [5.74, 6) is -1.69. The second kappa shape index (κ2) is 5.02. The van der Waals surface area contributed by atoms with Crippen molar-refractivity contribution in [3.05, 3.63) is 52.7 Å². The molecule has 1 aromatic carbocycles. The SMILES string of the molecule is Cc1cc(C)c(C#N)c(Oc2ccc(F)cc2F)n1. The minimum Gasteiger partial charge on any atom is -0.435 e. The molecule has 0 fully saturated rings. The Bertz CT molecular complexity index is 678. The zero-order valence-corrected chi connectivity index (χ0v) is 10.4. The van der Waals surface area contributed by atoms with E-state index in [-0.39, 0.29) is 17.2 Å². The van der Waals surface area contributed by atoms with Crippen LogP contribution in [0.3, 0.4) is 0 Å². The Kier molecular flexibility index (Phi) is 3.43. The van der Waals surface area contributed by atoms with Crippen LogP contribution >= 0.6 is 0 Å². The highest BCUT2D eigenvalue weighted by Gasteiger charge is 2.13. The van der Waals surface area contributed by atoms with E-state index in [1.165, 1.54) is 0 Å². The standard InChI is InChI=1S/C14H10F2N2O/c1-8-5-9(2)18-14(11(8)7-17)19-13-4-3-10(15)6-12(13)16/h3-6H,1-2H3. The Morgan fingerprint density at radius 3 is 2.58 bits per heavy atom. The molecule has 1 heterocycles. The normalized spacial score (nSPS) is 10.1. The number of hydrogen-bond acceptors (Lipinski definition) is 3. The number of ether oxygens (including phenoxy) is 1. The molecule has 19 heavy (non-hydrogen) atoms. The van der Waals surface area contributed by atoms with Crippen molar-refractivity contribution in [1.82, 2.24) is 4.98 Å². The van der Waals surface area contributed by atoms with E-state index < -0.39 is 11.6 Å². The van der Waals surface area contributed by atoms with Crippen LogP contribution in [-0.2, 0) is 0 Å². The molecule has 0 saturated carbocycles. The van der Waals surface area contributed by atoms with Gasteiger partial charge in [-0.3, -0.25) is 0 Å². The summed E-state index contributed by atoms with van der Waals surface area (Å²) in [4.78, 5) is 4.06. The molecule has 0 aliphatic carbocycles. The van der Waals surface area contributed by atoms with Gasteiger partial charge in [-0.05, 0) is 37.6 Å². The number of aryl methyl sites for hydroxylation is 2. The number of nitrogens with zero attached hydrogens (tertiary/aromatic N) is 2. The molecule has 0 radical (unpaired) electrons. The molecule has 0 aliphatic heterocycles. The largest absolute Gasteiger partial charge is 0.435 e. The highest BCUT2D eigenvalue weighted by Crippen LogP contribution is 2.27. The number of aromatic nitrogens is 1. The van der Waals surface area contributed by atoms with Crippen molar-refractivity contribution in [2.75, 3.05) is 0 Å². The van der Waals surface area contributed by atoms with Crippen LogP contribution in [0.4, 0.5) is 8.78 Å². The highest BCUT2D eigenvalue weighted by molar-refractivity contribution is 5.47. The zero-order valence-electron chi connectivity index (χ0n) is 10.4. The molecule has 0 atom stereocenters. The van der Waals surface area contributed by atoms with Crippen LogP contribution in [0.2, 0.25) is 0 Å². The number of halogens is 2. The second-order valence-electron chi connectivity index (χ2n) is 4.05. The number of pyridine rings is 1. The van der Waals surface area contributed by atoms with E-state index in [4.69, 9.17) is 10.00 Å². The molecule has 0 amide bonds. The fourth-order valence-corrected chi connectivity index (χ4v) is 1.67. The first-order valence-electron chi connectivity index (χ1n) is 5.52. The smallest absolute Gasteiger partial charge is 0.237 e. The second-order valence-corrected chi connectivity index (χ2v) is 4.05. The molecule has 0 N–H and O–H groups in total. The number of hydrogen-bond donors (Lipinski definition) is 0. The molecule has 96 valence electrons. The molecule has 2 rings (SSSR count). The van der Waals surface area contributed by atoms with E-state index in [1.807, 2.05) is 6.07 Å². The van der Waals surface area contributed by atoms with Crippen molar-refractivity contribution in [2.45, 2.75) is 13.8 Å². The highest BCUT2D eigenvalue weighted by atomic mass is 19.1. The summed E-state index contributed by atoms with van der Waals surface area (Å²) in [6.45, 7) is 3.48. The van der Waals surface area contributed by atoms with Crippen LogP contribution in [-0.4, -0.2) is 4.98 Å². The van der Waals surface area contributed by atoms with Crippen LogP contribution < -0.4 is 4.74 Å². The topological polar surface area (TPSA) is 45.9 Å². The maximum absolute atomic E-state index is 13.5. The minimum atomic E-state index is -0.843. The van der Waals surface area contributed by atoms with E-state index >= 15 is 0 Å². The number of rotatable bonds is 2. The van der Waals surface area contributed by atoms with Crippen LogP contribution in [0.1, 0.15) is 16.8 Å². The Morgan fingerprint density at radius 2 is 1.95 bits per heavy atom. The average molecular weight is 260 g/mol. The van der Waals surface area contributed by atoms with Crippen molar-refractivity contribution < 1.29 is 13.5 Å². The Balaban J connectivity index is 2.46. The van der Waals surface area contributed by atoms with Gasteiger partial charge in [-0.25, -0.2) is 13.8 Å². The Morgan fingerprint density at radius 1 is 1.21 bits per heavy atom. The molecular formula is C14H10F2N2O. The molecule has 2 aromatic rings. The molecule has 1 aromatic heterocycles. The van der Waals surface area contributed by atoms with Gasteiger partial charge in [0.25, 0.3) is 0 Å². The van der Waals surface area contributed by atoms with Gasteiger partial charge in [-0.1, -0.05) is 0 Å². The Labute approximate surface area is 109 Å². The summed E-state index contributed by atoms with van der Waals surface area (Å²) in [7, 11) is 0. The lowest BCUT2D eigenvalue weighted by Crippen LogP contribution is -1.98. The van der Waals surface area contributed by atoms with Gasteiger partial charge in [0.05, 0.1) is 0 Å². The molecule has 3 nitrogen and oxygen atoms in total. The molecule has 0 bridgehead atoms. The summed E-state index contributed by atoms with van der Waals surface area (Å²) in [6.07, 6.45) is 0. The molecule has 0 unspecified atom stereocenters. The summed E-state index contributed by atoms with van der Waals surface area (Å²) < 4.78 is 31.6. The molecule has 0 spiro atoms. The van der Waals surface area contributed by atoms with Gasteiger partial charge in [-0.2, -0.15) is 5.26 Å². The van der Waals surface area contributed by atoms with Gasteiger partial charge in [-0.15, -0.1) is 0 Å². The third-order valence-corrected chi connectivity index (χ3v) is 2.52. The third kappa shape index (κ3) is 2.68. The first kappa shape index (κ1) is 13.0. The minimum absolute atomic E-state index is 0.0190. The first-order chi connectivity index (χ1) is 9.01. The van der Waals surface area contributed by atoms with Crippen LogP contribution in [0.15, 0.2) is 24.3 Å². The van der Waals surface area contributed by atoms with Crippen LogP contribution in [0.5, 0.6) is 11.6 Å². The maximum atomic E-state index is 13.5. The van der Waals surface area contributed by atoms with Gasteiger partial charge in [0.2, 0.25) is 5.88 Å². The first-order valence-corrected chi connectivity index (χ1v) is 5.52. The van der Waals surface area contributed by atoms with Gasteiger partial charge in [0.15, 0.2) is 11.6 Å². The zero-order chi connectivity index (χ0) is 14.0. The maximum Gasteiger partial charge on any atom is 0.237 e. The van der Waals surface area contributed by atoms with Crippen molar-refractivity contribution >= 4 is 0 Å². The van der Waals surface area contributed by atoms with Crippen molar-refractivity contribution in [1.29, 1.82) is 5.26 Å². The van der Waals surface area contributed by atoms with Crippen LogP contribution in [0, 0.1) is 36.8 Å². The van der Waals surface area contributed by atoms with Gasteiger partial charge < -0.3 is 4.74 Å². The quantitative estimate of drug-likeness (QED) is 0.828. The van der Waals surface area contributed by atoms with E-state index in [1.54, 1.807) is 19.9 Å². The number of benzene rings is 1. The van der Waals surface area contributed by atoms with E-state index in [0.717, 1.165) is 12.1 Å². The molecular weight excluding hydrogens is 250 g/mol. The van der Waals surface area contributed by atoms with E-state index in [0.29, 0.717) is 17.3 Å². The van der Waals surface area contributed by atoms with Crippen molar-refractivity contribution in [2.24, 2.45) is 0 Å².